The van der Waals surface area contributed by atoms with Gasteiger partial charge in [-0.2, -0.15) is 0 Å². The van der Waals surface area contributed by atoms with Crippen LogP contribution >= 0.6 is 11.6 Å². The summed E-state index contributed by atoms with van der Waals surface area (Å²) in [5, 5.41) is 0.550. The van der Waals surface area contributed by atoms with Crippen molar-refractivity contribution in [3.05, 3.63) is 70.7 Å². The van der Waals surface area contributed by atoms with E-state index in [0.29, 0.717) is 36.8 Å². The maximum Gasteiger partial charge on any atom is 0.254 e. The van der Waals surface area contributed by atoms with Crippen molar-refractivity contribution < 1.29 is 9.59 Å². The molecule has 1 saturated heterocycles. The Morgan fingerprint density at radius 3 is 2.12 bits per heavy atom. The molecule has 1 fully saturated rings. The topological polar surface area (TPSA) is 40.6 Å². The first-order valence-corrected chi connectivity index (χ1v) is 9.17. The maximum absolute atomic E-state index is 13.0. The monoisotopic (exact) mass is 370 g/mol. The zero-order valence-electron chi connectivity index (χ0n) is 15.1. The molecule has 2 aromatic rings. The van der Waals surface area contributed by atoms with E-state index in [0.717, 1.165) is 5.56 Å². The van der Waals surface area contributed by atoms with Gasteiger partial charge in [-0.05, 0) is 37.6 Å². The minimum atomic E-state index is -0.583. The Bertz CT molecular complexity index is 797. The number of hydrogen-bond donors (Lipinski definition) is 0. The van der Waals surface area contributed by atoms with Crippen LogP contribution in [0.3, 0.4) is 0 Å². The summed E-state index contributed by atoms with van der Waals surface area (Å²) in [4.78, 5) is 29.3. The van der Waals surface area contributed by atoms with E-state index in [4.69, 9.17) is 11.6 Å². The van der Waals surface area contributed by atoms with Gasteiger partial charge >= 0.3 is 0 Å². The van der Waals surface area contributed by atoms with Crippen molar-refractivity contribution in [3.8, 4) is 0 Å². The summed E-state index contributed by atoms with van der Waals surface area (Å²) in [7, 11) is 0. The molecule has 0 atom stereocenters. The minimum absolute atomic E-state index is 0.0399. The van der Waals surface area contributed by atoms with E-state index < -0.39 is 5.41 Å². The zero-order valence-corrected chi connectivity index (χ0v) is 15.9. The third-order valence-corrected chi connectivity index (χ3v) is 5.19. The van der Waals surface area contributed by atoms with E-state index in [9.17, 15) is 9.59 Å². The summed E-state index contributed by atoms with van der Waals surface area (Å²) in [6.45, 7) is 6.05. The van der Waals surface area contributed by atoms with Gasteiger partial charge in [-0.1, -0.05) is 48.0 Å². The smallest absolute Gasteiger partial charge is 0.254 e. The Kier molecular flexibility index (Phi) is 5.33. The quantitative estimate of drug-likeness (QED) is 0.828. The summed E-state index contributed by atoms with van der Waals surface area (Å²) in [6.07, 6.45) is 0. The first kappa shape index (κ1) is 18.5. The zero-order chi connectivity index (χ0) is 18.7. The molecule has 0 radical (unpaired) electrons. The standard InChI is InChI=1S/C21H23ClN2O2/c1-21(2,17-8-4-3-5-9-17)20(26)24-13-11-23(12-14-24)19(25)16-7-6-10-18(22)15-16/h3-10,15H,11-14H2,1-2H3. The van der Waals surface area contributed by atoms with E-state index in [-0.39, 0.29) is 11.8 Å². The molecule has 3 rings (SSSR count). The largest absolute Gasteiger partial charge is 0.338 e. The molecular formula is C21H23ClN2O2. The number of rotatable bonds is 3. The van der Waals surface area contributed by atoms with Gasteiger partial charge in [0.2, 0.25) is 5.91 Å². The lowest BCUT2D eigenvalue weighted by atomic mass is 9.83. The lowest BCUT2D eigenvalue weighted by molar-refractivity contribution is -0.137. The van der Waals surface area contributed by atoms with Gasteiger partial charge in [0.15, 0.2) is 0 Å². The Morgan fingerprint density at radius 1 is 0.885 bits per heavy atom. The van der Waals surface area contributed by atoms with Crippen molar-refractivity contribution in [2.75, 3.05) is 26.2 Å². The average molecular weight is 371 g/mol. The van der Waals surface area contributed by atoms with Crippen molar-refractivity contribution in [3.63, 3.8) is 0 Å². The minimum Gasteiger partial charge on any atom is -0.338 e. The molecular weight excluding hydrogens is 348 g/mol. The van der Waals surface area contributed by atoms with E-state index >= 15 is 0 Å². The highest BCUT2D eigenvalue weighted by Gasteiger charge is 2.35. The molecule has 4 nitrogen and oxygen atoms in total. The van der Waals surface area contributed by atoms with Crippen LogP contribution in [0, 0.1) is 0 Å². The predicted molar refractivity (Wildman–Crippen MR) is 103 cm³/mol. The highest BCUT2D eigenvalue weighted by molar-refractivity contribution is 6.30. The molecule has 0 saturated carbocycles. The molecule has 0 bridgehead atoms. The van der Waals surface area contributed by atoms with Crippen LogP contribution in [0.5, 0.6) is 0 Å². The van der Waals surface area contributed by atoms with E-state index in [1.165, 1.54) is 0 Å². The SMILES string of the molecule is CC(C)(C(=O)N1CCN(C(=O)c2cccc(Cl)c2)CC1)c1ccccc1. The third kappa shape index (κ3) is 3.75. The van der Waals surface area contributed by atoms with Gasteiger partial charge < -0.3 is 9.80 Å². The average Bonchev–Trinajstić information content (AvgIpc) is 2.67. The van der Waals surface area contributed by atoms with Crippen LogP contribution in [0.25, 0.3) is 0 Å². The number of amides is 2. The maximum atomic E-state index is 13.0. The second-order valence-electron chi connectivity index (χ2n) is 7.09. The fourth-order valence-corrected chi connectivity index (χ4v) is 3.48. The molecule has 1 aliphatic rings. The molecule has 0 spiro atoms. The van der Waals surface area contributed by atoms with Crippen LogP contribution in [-0.4, -0.2) is 47.8 Å². The molecule has 1 heterocycles. The number of piperazine rings is 1. The summed E-state index contributed by atoms with van der Waals surface area (Å²) in [6, 6.07) is 16.8. The lowest BCUT2D eigenvalue weighted by Crippen LogP contribution is -2.54. The number of carbonyl (C=O) groups is 2. The molecule has 5 heteroatoms. The summed E-state index contributed by atoms with van der Waals surface area (Å²) in [5.41, 5.74) is 1.00. The van der Waals surface area contributed by atoms with Crippen LogP contribution in [0.15, 0.2) is 54.6 Å². The molecule has 1 aliphatic heterocycles. The Labute approximate surface area is 159 Å². The predicted octanol–water partition coefficient (Wildman–Crippen LogP) is 3.60. The third-order valence-electron chi connectivity index (χ3n) is 4.96. The van der Waals surface area contributed by atoms with E-state index in [1.54, 1.807) is 29.2 Å². The summed E-state index contributed by atoms with van der Waals surface area (Å²) < 4.78 is 0. The van der Waals surface area contributed by atoms with Gasteiger partial charge in [-0.15, -0.1) is 0 Å². The lowest BCUT2D eigenvalue weighted by Gasteiger charge is -2.38. The number of benzene rings is 2. The number of nitrogens with zero attached hydrogens (tertiary/aromatic N) is 2. The normalized spacial score (nSPS) is 15.0. The van der Waals surface area contributed by atoms with Gasteiger partial charge in [-0.3, -0.25) is 9.59 Å². The Morgan fingerprint density at radius 2 is 1.50 bits per heavy atom. The number of carbonyl (C=O) groups excluding carboxylic acids is 2. The van der Waals surface area contributed by atoms with Gasteiger partial charge in [0, 0.05) is 36.8 Å². The van der Waals surface area contributed by atoms with Crippen LogP contribution < -0.4 is 0 Å². The first-order chi connectivity index (χ1) is 12.4. The second kappa shape index (κ2) is 7.50. The highest BCUT2D eigenvalue weighted by Crippen LogP contribution is 2.26. The molecule has 0 unspecified atom stereocenters. The van der Waals surface area contributed by atoms with Crippen molar-refractivity contribution in [2.45, 2.75) is 19.3 Å². The highest BCUT2D eigenvalue weighted by atomic mass is 35.5. The van der Waals surface area contributed by atoms with Gasteiger partial charge in [0.05, 0.1) is 5.41 Å². The summed E-state index contributed by atoms with van der Waals surface area (Å²) in [5.74, 6) is 0.0560. The van der Waals surface area contributed by atoms with E-state index in [1.807, 2.05) is 49.1 Å². The Hall–Kier alpha value is -2.33. The molecule has 0 aromatic heterocycles. The number of halogens is 1. The van der Waals surface area contributed by atoms with Crippen molar-refractivity contribution in [2.24, 2.45) is 0 Å². The van der Waals surface area contributed by atoms with Crippen LogP contribution in [0.4, 0.5) is 0 Å². The van der Waals surface area contributed by atoms with Crippen molar-refractivity contribution in [1.82, 2.24) is 9.80 Å². The van der Waals surface area contributed by atoms with Gasteiger partial charge in [0.1, 0.15) is 0 Å². The van der Waals surface area contributed by atoms with Crippen molar-refractivity contribution in [1.29, 1.82) is 0 Å². The Balaban J connectivity index is 1.65. The van der Waals surface area contributed by atoms with Crippen molar-refractivity contribution >= 4 is 23.4 Å². The van der Waals surface area contributed by atoms with Crippen LogP contribution in [0.2, 0.25) is 5.02 Å². The van der Waals surface area contributed by atoms with Crippen LogP contribution in [-0.2, 0) is 10.2 Å². The van der Waals surface area contributed by atoms with Gasteiger partial charge in [0.25, 0.3) is 5.91 Å². The first-order valence-electron chi connectivity index (χ1n) is 8.79. The second-order valence-corrected chi connectivity index (χ2v) is 7.52. The number of hydrogen-bond acceptors (Lipinski definition) is 2. The molecule has 0 N–H and O–H groups in total. The fourth-order valence-electron chi connectivity index (χ4n) is 3.29. The molecule has 2 aromatic carbocycles. The fraction of sp³-hybridized carbons (Fsp3) is 0.333. The van der Waals surface area contributed by atoms with E-state index in [2.05, 4.69) is 0 Å². The van der Waals surface area contributed by atoms with Crippen LogP contribution in [0.1, 0.15) is 29.8 Å². The molecule has 136 valence electrons. The van der Waals surface area contributed by atoms with Gasteiger partial charge in [-0.25, -0.2) is 0 Å². The molecule has 26 heavy (non-hydrogen) atoms. The molecule has 2 amide bonds. The summed E-state index contributed by atoms with van der Waals surface area (Å²) >= 11 is 5.98. The molecule has 0 aliphatic carbocycles.